The van der Waals surface area contributed by atoms with Gasteiger partial charge in [-0.15, -0.1) is 0 Å². The molecule has 0 aliphatic carbocycles. The molecule has 7 heteroatoms. The first-order chi connectivity index (χ1) is 12.2. The highest BCUT2D eigenvalue weighted by Crippen LogP contribution is 2.26. The molecule has 1 fully saturated rings. The second-order valence-corrected chi connectivity index (χ2v) is 9.11. The van der Waals surface area contributed by atoms with Crippen molar-refractivity contribution < 1.29 is 17.4 Å². The van der Waals surface area contributed by atoms with E-state index in [1.54, 1.807) is 17.0 Å². The predicted molar refractivity (Wildman–Crippen MR) is 98.9 cm³/mol. The lowest BCUT2D eigenvalue weighted by Gasteiger charge is -2.19. The Morgan fingerprint density at radius 1 is 1.12 bits per heavy atom. The standard InChI is InChI=1S/C19H24N2O4S/c1-19(2,3)14-6-8-15(9-7-14)25-26(23,24)16-12-17(20-13-16)18(22)21-10-4-5-11-21/h6-9,12-13,20H,4-5,10-11H2,1-3H3. The lowest BCUT2D eigenvalue weighted by Crippen LogP contribution is -2.27. The molecule has 6 nitrogen and oxygen atoms in total. The van der Waals surface area contributed by atoms with Gasteiger partial charge in [0.2, 0.25) is 0 Å². The Hall–Kier alpha value is -2.28. The van der Waals surface area contributed by atoms with E-state index in [9.17, 15) is 13.2 Å². The first-order valence-electron chi connectivity index (χ1n) is 8.69. The van der Waals surface area contributed by atoms with Crippen molar-refractivity contribution in [3.63, 3.8) is 0 Å². The maximum atomic E-state index is 12.5. The highest BCUT2D eigenvalue weighted by molar-refractivity contribution is 7.87. The van der Waals surface area contributed by atoms with Gasteiger partial charge in [-0.3, -0.25) is 4.79 Å². The summed E-state index contributed by atoms with van der Waals surface area (Å²) in [6.07, 6.45) is 3.25. The molecule has 0 bridgehead atoms. The fraction of sp³-hybridized carbons (Fsp3) is 0.421. The number of aromatic nitrogens is 1. The molecule has 140 valence electrons. The number of rotatable bonds is 4. The van der Waals surface area contributed by atoms with Gasteiger partial charge in [-0.05, 0) is 42.0 Å². The largest absolute Gasteiger partial charge is 0.379 e. The summed E-state index contributed by atoms with van der Waals surface area (Å²) in [4.78, 5) is 16.7. The molecule has 1 N–H and O–H groups in total. The van der Waals surface area contributed by atoms with Gasteiger partial charge in [0.05, 0.1) is 0 Å². The number of carbonyl (C=O) groups excluding carboxylic acids is 1. The molecule has 0 saturated carbocycles. The van der Waals surface area contributed by atoms with Gasteiger partial charge in [-0.2, -0.15) is 8.42 Å². The summed E-state index contributed by atoms with van der Waals surface area (Å²) in [7, 11) is -4.00. The Morgan fingerprint density at radius 3 is 2.31 bits per heavy atom. The molecule has 1 aliphatic rings. The zero-order chi connectivity index (χ0) is 18.9. The van der Waals surface area contributed by atoms with E-state index in [4.69, 9.17) is 4.18 Å². The maximum absolute atomic E-state index is 12.5. The minimum Gasteiger partial charge on any atom is -0.379 e. The molecular weight excluding hydrogens is 352 g/mol. The summed E-state index contributed by atoms with van der Waals surface area (Å²) >= 11 is 0. The van der Waals surface area contributed by atoms with E-state index in [0.717, 1.165) is 18.4 Å². The summed E-state index contributed by atoms with van der Waals surface area (Å²) in [5.74, 6) is 0.0603. The SMILES string of the molecule is CC(C)(C)c1ccc(OS(=O)(=O)c2c[nH]c(C(=O)N3CCCC3)c2)cc1. The molecular formula is C19H24N2O4S. The fourth-order valence-electron chi connectivity index (χ4n) is 2.92. The molecule has 2 aromatic rings. The number of nitrogens with zero attached hydrogens (tertiary/aromatic N) is 1. The number of H-pyrrole nitrogens is 1. The summed E-state index contributed by atoms with van der Waals surface area (Å²) in [5.41, 5.74) is 1.32. The zero-order valence-corrected chi connectivity index (χ0v) is 16.1. The van der Waals surface area contributed by atoms with Gasteiger partial charge >= 0.3 is 10.1 Å². The van der Waals surface area contributed by atoms with Crippen LogP contribution in [0.5, 0.6) is 5.75 Å². The number of carbonyl (C=O) groups is 1. The first kappa shape index (κ1) is 18.5. The number of nitrogens with one attached hydrogen (secondary N) is 1. The van der Waals surface area contributed by atoms with Gasteiger partial charge in [0.15, 0.2) is 0 Å². The van der Waals surface area contributed by atoms with Gasteiger partial charge in [-0.1, -0.05) is 32.9 Å². The molecule has 26 heavy (non-hydrogen) atoms. The quantitative estimate of drug-likeness (QED) is 0.830. The Bertz CT molecular complexity index is 886. The number of likely N-dealkylation sites (tertiary alicyclic amines) is 1. The van der Waals surface area contributed by atoms with Crippen molar-refractivity contribution in [1.82, 2.24) is 9.88 Å². The second kappa shape index (κ2) is 6.79. The van der Waals surface area contributed by atoms with E-state index in [1.165, 1.54) is 12.3 Å². The van der Waals surface area contributed by atoms with Crippen LogP contribution in [0, 0.1) is 0 Å². The molecule has 1 aromatic heterocycles. The monoisotopic (exact) mass is 376 g/mol. The molecule has 0 spiro atoms. The van der Waals surface area contributed by atoms with Crippen molar-refractivity contribution >= 4 is 16.0 Å². The number of hydrogen-bond donors (Lipinski definition) is 1. The molecule has 1 amide bonds. The van der Waals surface area contributed by atoms with Crippen molar-refractivity contribution in [2.45, 2.75) is 43.9 Å². The van der Waals surface area contributed by atoms with Crippen LogP contribution < -0.4 is 4.18 Å². The van der Waals surface area contributed by atoms with Crippen molar-refractivity contribution in [3.05, 3.63) is 47.8 Å². The minimum atomic E-state index is -4.00. The van der Waals surface area contributed by atoms with Crippen LogP contribution in [-0.2, 0) is 15.5 Å². The highest BCUT2D eigenvalue weighted by Gasteiger charge is 2.25. The average Bonchev–Trinajstić information content (AvgIpc) is 3.26. The van der Waals surface area contributed by atoms with Crippen LogP contribution in [0.15, 0.2) is 41.4 Å². The number of hydrogen-bond acceptors (Lipinski definition) is 4. The topological polar surface area (TPSA) is 79.5 Å². The smallest absolute Gasteiger partial charge is 0.340 e. The zero-order valence-electron chi connectivity index (χ0n) is 15.3. The molecule has 2 heterocycles. The number of aromatic amines is 1. The molecule has 0 atom stereocenters. The van der Waals surface area contributed by atoms with E-state index in [0.29, 0.717) is 13.1 Å². The van der Waals surface area contributed by atoms with E-state index in [1.807, 2.05) is 12.1 Å². The first-order valence-corrected chi connectivity index (χ1v) is 10.1. The van der Waals surface area contributed by atoms with Crippen LogP contribution in [0.3, 0.4) is 0 Å². The van der Waals surface area contributed by atoms with E-state index < -0.39 is 10.1 Å². The summed E-state index contributed by atoms with van der Waals surface area (Å²) < 4.78 is 30.1. The lowest BCUT2D eigenvalue weighted by atomic mass is 9.87. The van der Waals surface area contributed by atoms with E-state index in [2.05, 4.69) is 25.8 Å². The Labute approximate surface area is 154 Å². The van der Waals surface area contributed by atoms with Crippen LogP contribution in [0.2, 0.25) is 0 Å². The predicted octanol–water partition coefficient (Wildman–Crippen LogP) is 3.32. The highest BCUT2D eigenvalue weighted by atomic mass is 32.2. The molecule has 1 aliphatic heterocycles. The summed E-state index contributed by atoms with van der Waals surface area (Å²) in [5, 5.41) is 0. The number of benzene rings is 1. The minimum absolute atomic E-state index is 0.0249. The summed E-state index contributed by atoms with van der Waals surface area (Å²) in [6, 6.07) is 8.32. The van der Waals surface area contributed by atoms with Crippen LogP contribution in [-0.4, -0.2) is 37.3 Å². The number of amides is 1. The third-order valence-corrected chi connectivity index (χ3v) is 5.72. The van der Waals surface area contributed by atoms with Gasteiger partial charge in [0, 0.05) is 19.3 Å². The Balaban J connectivity index is 1.75. The van der Waals surface area contributed by atoms with Gasteiger partial charge in [-0.25, -0.2) is 0 Å². The van der Waals surface area contributed by atoms with Crippen molar-refractivity contribution in [3.8, 4) is 5.75 Å². The van der Waals surface area contributed by atoms with Crippen LogP contribution in [0.1, 0.15) is 49.7 Å². The third-order valence-electron chi connectivity index (χ3n) is 4.50. The Morgan fingerprint density at radius 2 is 1.73 bits per heavy atom. The summed E-state index contributed by atoms with van der Waals surface area (Å²) in [6.45, 7) is 7.65. The molecule has 1 saturated heterocycles. The fourth-order valence-corrected chi connectivity index (χ4v) is 3.84. The van der Waals surface area contributed by atoms with Gasteiger partial charge in [0.1, 0.15) is 16.3 Å². The third kappa shape index (κ3) is 3.93. The average molecular weight is 376 g/mol. The van der Waals surface area contributed by atoms with Crippen LogP contribution in [0.25, 0.3) is 0 Å². The van der Waals surface area contributed by atoms with Crippen molar-refractivity contribution in [2.75, 3.05) is 13.1 Å². The second-order valence-electron chi connectivity index (χ2n) is 7.56. The van der Waals surface area contributed by atoms with E-state index >= 15 is 0 Å². The molecule has 0 radical (unpaired) electrons. The van der Waals surface area contributed by atoms with Crippen molar-refractivity contribution in [1.29, 1.82) is 0 Å². The Kier molecular flexibility index (Phi) is 4.84. The van der Waals surface area contributed by atoms with Crippen LogP contribution in [0.4, 0.5) is 0 Å². The molecule has 1 aromatic carbocycles. The van der Waals surface area contributed by atoms with Gasteiger partial charge in [0.25, 0.3) is 5.91 Å². The van der Waals surface area contributed by atoms with Gasteiger partial charge < -0.3 is 14.1 Å². The maximum Gasteiger partial charge on any atom is 0.340 e. The van der Waals surface area contributed by atoms with Crippen molar-refractivity contribution in [2.24, 2.45) is 0 Å². The van der Waals surface area contributed by atoms with Crippen LogP contribution >= 0.6 is 0 Å². The molecule has 3 rings (SSSR count). The van der Waals surface area contributed by atoms with E-state index in [-0.39, 0.29) is 27.7 Å². The normalized spacial score (nSPS) is 15.3. The lowest BCUT2D eigenvalue weighted by molar-refractivity contribution is 0.0787. The molecule has 0 unspecified atom stereocenters.